The van der Waals surface area contributed by atoms with Gasteiger partial charge in [-0.2, -0.15) is 25.8 Å². The minimum Gasteiger partial charge on any atom is -0.493 e. The number of rotatable bonds is 9. The molecule has 0 aliphatic heterocycles. The first-order chi connectivity index (χ1) is 13.6. The van der Waals surface area contributed by atoms with E-state index in [9.17, 15) is 21.6 Å². The van der Waals surface area contributed by atoms with Crippen molar-refractivity contribution in [3.63, 3.8) is 0 Å². The largest absolute Gasteiger partial charge is 0.493 e. The van der Waals surface area contributed by atoms with E-state index in [-0.39, 0.29) is 35.2 Å². The van der Waals surface area contributed by atoms with Gasteiger partial charge in [0.2, 0.25) is 0 Å². The third-order valence-corrected chi connectivity index (χ3v) is 6.27. The second-order valence-corrected chi connectivity index (χ2v) is 8.63. The summed E-state index contributed by atoms with van der Waals surface area (Å²) in [6.07, 6.45) is 0. The van der Waals surface area contributed by atoms with E-state index in [2.05, 4.69) is 4.74 Å². The third kappa shape index (κ3) is 5.75. The first-order valence-electron chi connectivity index (χ1n) is 8.28. The minimum atomic E-state index is -4.00. The summed E-state index contributed by atoms with van der Waals surface area (Å²) in [6, 6.07) is 8.27. The van der Waals surface area contributed by atoms with E-state index in [1.807, 2.05) is 0 Å². The molecule has 0 saturated carbocycles. The van der Waals surface area contributed by atoms with Crippen molar-refractivity contribution < 1.29 is 31.1 Å². The molecule has 0 N–H and O–H groups in total. The number of ether oxygens (including phenoxy) is 2. The molecule has 2 aromatic carbocycles. The van der Waals surface area contributed by atoms with Crippen LogP contribution in [0.25, 0.3) is 0 Å². The topological polar surface area (TPSA) is 59.1 Å². The molecule has 11 heteroatoms. The van der Waals surface area contributed by atoms with Crippen molar-refractivity contribution in [1.29, 1.82) is 0 Å². The smallest absolute Gasteiger partial charge is 0.387 e. The lowest BCUT2D eigenvalue weighted by atomic mass is 10.2. The van der Waals surface area contributed by atoms with Crippen LogP contribution < -0.4 is 9.47 Å². The maximum atomic E-state index is 14.0. The van der Waals surface area contributed by atoms with E-state index >= 15 is 0 Å². The zero-order valence-electron chi connectivity index (χ0n) is 15.9. The van der Waals surface area contributed by atoms with Gasteiger partial charge in [0.25, 0.3) is 10.2 Å². The fraction of sp³-hybridized carbons (Fsp3) is 0.333. The van der Waals surface area contributed by atoms with Crippen LogP contribution in [0.1, 0.15) is 11.1 Å². The molecule has 0 aromatic heterocycles. The highest BCUT2D eigenvalue weighted by atomic mass is 35.5. The van der Waals surface area contributed by atoms with Gasteiger partial charge in [-0.15, -0.1) is 0 Å². The van der Waals surface area contributed by atoms with E-state index in [0.29, 0.717) is 5.56 Å². The number of benzene rings is 2. The van der Waals surface area contributed by atoms with E-state index < -0.39 is 22.6 Å². The Balaban J connectivity index is 2.19. The van der Waals surface area contributed by atoms with Crippen LogP contribution in [0.2, 0.25) is 5.02 Å². The van der Waals surface area contributed by atoms with Crippen LogP contribution in [0.3, 0.4) is 0 Å². The van der Waals surface area contributed by atoms with Gasteiger partial charge in [0.15, 0.2) is 11.5 Å². The van der Waals surface area contributed by atoms with Crippen LogP contribution in [0, 0.1) is 5.82 Å². The van der Waals surface area contributed by atoms with Crippen molar-refractivity contribution >= 4 is 21.8 Å². The summed E-state index contributed by atoms with van der Waals surface area (Å²) in [5.41, 5.74) is 0.440. The number of hydrogen-bond donors (Lipinski definition) is 0. The van der Waals surface area contributed by atoms with Gasteiger partial charge < -0.3 is 9.47 Å². The van der Waals surface area contributed by atoms with Crippen LogP contribution in [0.15, 0.2) is 36.4 Å². The van der Waals surface area contributed by atoms with Gasteiger partial charge in [0, 0.05) is 37.8 Å². The summed E-state index contributed by atoms with van der Waals surface area (Å²) in [4.78, 5) is 0. The SMILES string of the molecule is COc1ccc(CN(C)S(=O)(=O)N(C)Cc2c(F)cccc2Cl)cc1OC(F)F. The molecular weight excluding hydrogens is 433 g/mol. The monoisotopic (exact) mass is 452 g/mol. The summed E-state index contributed by atoms with van der Waals surface area (Å²) in [5, 5.41) is 0.110. The average Bonchev–Trinajstić information content (AvgIpc) is 2.64. The van der Waals surface area contributed by atoms with Gasteiger partial charge in [-0.25, -0.2) is 4.39 Å². The van der Waals surface area contributed by atoms with Crippen LogP contribution in [0.5, 0.6) is 11.5 Å². The molecule has 0 atom stereocenters. The summed E-state index contributed by atoms with van der Waals surface area (Å²) in [7, 11) is -0.103. The van der Waals surface area contributed by atoms with Crippen molar-refractivity contribution in [1.82, 2.24) is 8.61 Å². The van der Waals surface area contributed by atoms with Crippen LogP contribution in [-0.4, -0.2) is 44.8 Å². The van der Waals surface area contributed by atoms with Crippen molar-refractivity contribution in [2.45, 2.75) is 19.7 Å². The maximum Gasteiger partial charge on any atom is 0.387 e. The quantitative estimate of drug-likeness (QED) is 0.579. The normalized spacial score (nSPS) is 12.1. The Morgan fingerprint density at radius 3 is 2.31 bits per heavy atom. The van der Waals surface area contributed by atoms with E-state index in [4.69, 9.17) is 16.3 Å². The lowest BCUT2D eigenvalue weighted by Gasteiger charge is -2.25. The highest BCUT2D eigenvalue weighted by molar-refractivity contribution is 7.86. The summed E-state index contributed by atoms with van der Waals surface area (Å²) in [6.45, 7) is -3.47. The van der Waals surface area contributed by atoms with Crippen LogP contribution in [0.4, 0.5) is 13.2 Å². The van der Waals surface area contributed by atoms with Crippen molar-refractivity contribution in [3.8, 4) is 11.5 Å². The standard InChI is InChI=1S/C18H20ClF3N2O4S/c1-23(10-12-7-8-16(27-3)17(9-12)28-18(21)22)29(25,26)24(2)11-13-14(19)5-4-6-15(13)20/h4-9,18H,10-11H2,1-3H3. The molecule has 6 nitrogen and oxygen atoms in total. The Morgan fingerprint density at radius 1 is 1.07 bits per heavy atom. The first-order valence-corrected chi connectivity index (χ1v) is 10.1. The number of hydrogen-bond acceptors (Lipinski definition) is 4. The highest BCUT2D eigenvalue weighted by Gasteiger charge is 2.26. The number of methoxy groups -OCH3 is 1. The van der Waals surface area contributed by atoms with Gasteiger partial charge in [-0.05, 0) is 29.8 Å². The molecule has 2 aromatic rings. The predicted molar refractivity (Wildman–Crippen MR) is 103 cm³/mol. The first kappa shape index (κ1) is 23.3. The zero-order chi connectivity index (χ0) is 21.8. The highest BCUT2D eigenvalue weighted by Crippen LogP contribution is 2.30. The van der Waals surface area contributed by atoms with E-state index in [1.54, 1.807) is 0 Å². The van der Waals surface area contributed by atoms with Crippen LogP contribution in [-0.2, 0) is 23.3 Å². The molecular formula is C18H20ClF3N2O4S. The minimum absolute atomic E-state index is 0.0470. The van der Waals surface area contributed by atoms with E-state index in [1.165, 1.54) is 57.6 Å². The van der Waals surface area contributed by atoms with E-state index in [0.717, 1.165) is 8.61 Å². The van der Waals surface area contributed by atoms with Gasteiger partial charge in [-0.3, -0.25) is 0 Å². The maximum absolute atomic E-state index is 14.0. The molecule has 0 aliphatic carbocycles. The molecule has 0 radical (unpaired) electrons. The van der Waals surface area contributed by atoms with Crippen molar-refractivity contribution in [3.05, 3.63) is 58.4 Å². The lowest BCUT2D eigenvalue weighted by Crippen LogP contribution is -2.39. The summed E-state index contributed by atoms with van der Waals surface area (Å²) < 4.78 is 75.9. The molecule has 0 amide bonds. The Bertz CT molecular complexity index is 940. The number of nitrogens with zero attached hydrogens (tertiary/aromatic N) is 2. The number of alkyl halides is 2. The Hall–Kier alpha value is -2.01. The fourth-order valence-electron chi connectivity index (χ4n) is 2.57. The van der Waals surface area contributed by atoms with Crippen LogP contribution >= 0.6 is 11.6 Å². The molecule has 160 valence electrons. The molecule has 0 heterocycles. The molecule has 0 spiro atoms. The van der Waals surface area contributed by atoms with Gasteiger partial charge in [-0.1, -0.05) is 23.7 Å². The molecule has 0 unspecified atom stereocenters. The molecule has 2 rings (SSSR count). The summed E-state index contributed by atoms with van der Waals surface area (Å²) in [5.74, 6) is -0.741. The van der Waals surface area contributed by atoms with Crippen molar-refractivity contribution in [2.75, 3.05) is 21.2 Å². The Kier molecular flexibility index (Phi) is 7.75. The third-order valence-electron chi connectivity index (χ3n) is 4.08. The second kappa shape index (κ2) is 9.66. The summed E-state index contributed by atoms with van der Waals surface area (Å²) >= 11 is 5.96. The lowest BCUT2D eigenvalue weighted by molar-refractivity contribution is -0.0512. The second-order valence-electron chi connectivity index (χ2n) is 6.08. The van der Waals surface area contributed by atoms with Gasteiger partial charge in [0.1, 0.15) is 5.82 Å². The zero-order valence-corrected chi connectivity index (χ0v) is 17.5. The average molecular weight is 453 g/mol. The van der Waals surface area contributed by atoms with Crippen molar-refractivity contribution in [2.24, 2.45) is 0 Å². The Morgan fingerprint density at radius 2 is 1.72 bits per heavy atom. The molecule has 0 aliphatic rings. The molecule has 0 bridgehead atoms. The molecule has 0 fully saturated rings. The number of halogens is 4. The van der Waals surface area contributed by atoms with Gasteiger partial charge in [0.05, 0.1) is 7.11 Å². The Labute approximate surface area is 172 Å². The fourth-order valence-corrected chi connectivity index (χ4v) is 3.87. The molecule has 29 heavy (non-hydrogen) atoms. The van der Waals surface area contributed by atoms with Gasteiger partial charge >= 0.3 is 6.61 Å². The predicted octanol–water partition coefficient (Wildman–Crippen LogP) is 3.90. The molecule has 0 saturated heterocycles.